The number of rotatable bonds is 0. The maximum absolute atomic E-state index is 4.57. The Morgan fingerprint density at radius 1 is 2.00 bits per heavy atom. The summed E-state index contributed by atoms with van der Waals surface area (Å²) < 4.78 is 4.57. The molecule has 4 heavy (non-hydrogen) atoms. The third-order valence-corrected chi connectivity index (χ3v) is 0.614. The van der Waals surface area contributed by atoms with Crippen LogP contribution in [0.15, 0.2) is 0 Å². The molecule has 1 fully saturated rings. The predicted molar refractivity (Wildman–Crippen MR) is 18.7 cm³/mol. The molecular formula is C2H4OS. The summed E-state index contributed by atoms with van der Waals surface area (Å²) in [6.07, 6.45) is 0. The molecule has 2 heteroatoms. The highest BCUT2D eigenvalue weighted by Crippen LogP contribution is 2.10. The van der Waals surface area contributed by atoms with E-state index in [9.17, 15) is 0 Å². The van der Waals surface area contributed by atoms with Crippen LogP contribution in [-0.4, -0.2) is 12.0 Å². The van der Waals surface area contributed by atoms with Crippen LogP contribution in [0.2, 0.25) is 0 Å². The minimum atomic E-state index is 0.278. The molecule has 0 radical (unpaired) electrons. The fraction of sp³-hybridized carbons (Fsp3) is 1.00. The lowest BCUT2D eigenvalue weighted by Crippen LogP contribution is -1.51. The summed E-state index contributed by atoms with van der Waals surface area (Å²) in [5.41, 5.74) is 0.278. The summed E-state index contributed by atoms with van der Waals surface area (Å²) in [7, 11) is 0. The number of thiol groups is 1. The van der Waals surface area contributed by atoms with Gasteiger partial charge in [-0.2, -0.15) is 0 Å². The molecule has 1 saturated heterocycles. The van der Waals surface area contributed by atoms with Gasteiger partial charge in [0, 0.05) is 0 Å². The van der Waals surface area contributed by atoms with Crippen LogP contribution >= 0.6 is 12.6 Å². The predicted octanol–water partition coefficient (Wildman–Crippen LogP) is 0.273. The van der Waals surface area contributed by atoms with E-state index < -0.39 is 0 Å². The summed E-state index contributed by atoms with van der Waals surface area (Å²) in [4.78, 5) is 0. The minimum Gasteiger partial charge on any atom is -0.362 e. The van der Waals surface area contributed by atoms with Gasteiger partial charge in [0.15, 0.2) is 0 Å². The Hall–Kier alpha value is 0.310. The molecule has 1 heterocycles. The van der Waals surface area contributed by atoms with Crippen LogP contribution in [0.4, 0.5) is 0 Å². The van der Waals surface area contributed by atoms with Gasteiger partial charge in [0.05, 0.1) is 6.61 Å². The highest BCUT2D eigenvalue weighted by molar-refractivity contribution is 7.81. The Labute approximate surface area is 30.4 Å². The molecule has 0 spiro atoms. The molecule has 24 valence electrons. The van der Waals surface area contributed by atoms with Crippen molar-refractivity contribution in [2.24, 2.45) is 0 Å². The average molecular weight is 76.1 g/mol. The van der Waals surface area contributed by atoms with Crippen molar-refractivity contribution >= 4 is 12.6 Å². The second kappa shape index (κ2) is 0.626. The summed E-state index contributed by atoms with van der Waals surface area (Å²) in [5.74, 6) is 0. The average Bonchev–Trinajstić information content (AvgIpc) is 1.75. The highest BCUT2D eigenvalue weighted by Gasteiger charge is 2.14. The zero-order chi connectivity index (χ0) is 2.99. The smallest absolute Gasteiger partial charge is 0.124 e. The molecule has 0 aromatic carbocycles. The van der Waals surface area contributed by atoms with Gasteiger partial charge in [0.25, 0.3) is 0 Å². The van der Waals surface area contributed by atoms with Crippen LogP contribution in [0.25, 0.3) is 0 Å². The molecular weight excluding hydrogens is 72.1 g/mol. The van der Waals surface area contributed by atoms with Gasteiger partial charge >= 0.3 is 0 Å². The first-order valence-electron chi connectivity index (χ1n) is 1.19. The molecule has 0 aromatic heterocycles. The fourth-order valence-corrected chi connectivity index (χ4v) is 0.129. The lowest BCUT2D eigenvalue weighted by molar-refractivity contribution is 0.461. The topological polar surface area (TPSA) is 12.5 Å². The maximum Gasteiger partial charge on any atom is 0.124 e. The van der Waals surface area contributed by atoms with E-state index in [1.807, 2.05) is 0 Å². The Morgan fingerprint density at radius 3 is 2.25 bits per heavy atom. The van der Waals surface area contributed by atoms with Crippen LogP contribution in [0.1, 0.15) is 0 Å². The van der Waals surface area contributed by atoms with Crippen LogP contribution < -0.4 is 0 Å². The minimum absolute atomic E-state index is 0.278. The van der Waals surface area contributed by atoms with E-state index in [1.54, 1.807) is 0 Å². The number of hydrogen-bond donors (Lipinski definition) is 1. The Balaban J connectivity index is 2.17. The molecule has 0 aromatic rings. The number of epoxide rings is 1. The van der Waals surface area contributed by atoms with Crippen molar-refractivity contribution in [2.75, 3.05) is 6.61 Å². The number of ether oxygens (including phenoxy) is 1. The molecule has 0 saturated carbocycles. The molecule has 0 N–H and O–H groups in total. The third kappa shape index (κ3) is 0.362. The van der Waals surface area contributed by atoms with E-state index in [1.165, 1.54) is 0 Å². The molecule has 1 nitrogen and oxygen atoms in total. The Kier molecular flexibility index (Phi) is 0.398. The summed E-state index contributed by atoms with van der Waals surface area (Å²) in [6, 6.07) is 0. The first-order valence-corrected chi connectivity index (χ1v) is 1.71. The summed E-state index contributed by atoms with van der Waals surface area (Å²) >= 11 is 3.85. The Bertz CT molecular complexity index is 25.2. The molecule has 0 amide bonds. The van der Waals surface area contributed by atoms with Crippen LogP contribution in [0.5, 0.6) is 0 Å². The zero-order valence-electron chi connectivity index (χ0n) is 2.14. The van der Waals surface area contributed by atoms with Crippen molar-refractivity contribution in [3.05, 3.63) is 0 Å². The van der Waals surface area contributed by atoms with Gasteiger partial charge in [0.2, 0.25) is 0 Å². The van der Waals surface area contributed by atoms with Gasteiger partial charge in [-0.3, -0.25) is 0 Å². The van der Waals surface area contributed by atoms with Crippen LogP contribution in [-0.2, 0) is 4.74 Å². The van der Waals surface area contributed by atoms with E-state index in [0.717, 1.165) is 6.61 Å². The normalized spacial score (nSPS) is 39.8. The van der Waals surface area contributed by atoms with Gasteiger partial charge in [0.1, 0.15) is 5.44 Å². The lowest BCUT2D eigenvalue weighted by atomic mass is 11.0. The highest BCUT2D eigenvalue weighted by atomic mass is 32.1. The quantitative estimate of drug-likeness (QED) is 0.323. The molecule has 1 aliphatic heterocycles. The Morgan fingerprint density at radius 2 is 2.25 bits per heavy atom. The second-order valence-electron chi connectivity index (χ2n) is 0.788. The van der Waals surface area contributed by atoms with Crippen molar-refractivity contribution in [1.82, 2.24) is 0 Å². The monoisotopic (exact) mass is 76.0 g/mol. The molecule has 1 aliphatic rings. The van der Waals surface area contributed by atoms with Crippen molar-refractivity contribution in [2.45, 2.75) is 5.44 Å². The SMILES string of the molecule is SC1CO1. The lowest BCUT2D eigenvalue weighted by Gasteiger charge is -1.51. The molecule has 1 unspecified atom stereocenters. The largest absolute Gasteiger partial charge is 0.362 e. The number of hydrogen-bond acceptors (Lipinski definition) is 2. The standard InChI is InChI=1S/C2H4OS/c4-2-1-3-2/h2,4H,1H2. The van der Waals surface area contributed by atoms with E-state index in [-0.39, 0.29) is 5.44 Å². The van der Waals surface area contributed by atoms with E-state index >= 15 is 0 Å². The van der Waals surface area contributed by atoms with Crippen molar-refractivity contribution in [1.29, 1.82) is 0 Å². The summed E-state index contributed by atoms with van der Waals surface area (Å²) in [6.45, 7) is 0.850. The first-order chi connectivity index (χ1) is 1.89. The van der Waals surface area contributed by atoms with Crippen LogP contribution in [0.3, 0.4) is 0 Å². The van der Waals surface area contributed by atoms with E-state index in [0.29, 0.717) is 0 Å². The zero-order valence-corrected chi connectivity index (χ0v) is 3.03. The van der Waals surface area contributed by atoms with Gasteiger partial charge in [-0.25, -0.2) is 0 Å². The maximum atomic E-state index is 4.57. The van der Waals surface area contributed by atoms with Gasteiger partial charge in [-0.1, -0.05) is 0 Å². The van der Waals surface area contributed by atoms with Gasteiger partial charge < -0.3 is 4.74 Å². The molecule has 0 bridgehead atoms. The van der Waals surface area contributed by atoms with E-state index in [4.69, 9.17) is 0 Å². The fourth-order valence-electron chi connectivity index (χ4n) is 0.0430. The van der Waals surface area contributed by atoms with Crippen molar-refractivity contribution in [3.63, 3.8) is 0 Å². The second-order valence-corrected chi connectivity index (χ2v) is 1.36. The first kappa shape index (κ1) is 2.54. The van der Waals surface area contributed by atoms with Crippen molar-refractivity contribution in [3.8, 4) is 0 Å². The molecule has 0 aliphatic carbocycles. The van der Waals surface area contributed by atoms with Crippen LogP contribution in [0, 0.1) is 0 Å². The third-order valence-electron chi connectivity index (χ3n) is 0.316. The summed E-state index contributed by atoms with van der Waals surface area (Å²) in [5, 5.41) is 0. The molecule has 1 rings (SSSR count). The van der Waals surface area contributed by atoms with E-state index in [2.05, 4.69) is 17.4 Å². The molecule has 1 atom stereocenters. The van der Waals surface area contributed by atoms with Gasteiger partial charge in [-0.15, -0.1) is 12.6 Å². The van der Waals surface area contributed by atoms with Crippen molar-refractivity contribution < 1.29 is 4.74 Å². The van der Waals surface area contributed by atoms with Gasteiger partial charge in [-0.05, 0) is 0 Å².